The van der Waals surface area contributed by atoms with Gasteiger partial charge in [-0.2, -0.15) is 0 Å². The quantitative estimate of drug-likeness (QED) is 0.757. The fourth-order valence-electron chi connectivity index (χ4n) is 2.58. The Kier molecular flexibility index (Phi) is 4.44. The Balaban J connectivity index is 1.81. The second-order valence-electron chi connectivity index (χ2n) is 6.89. The molecule has 0 unspecified atom stereocenters. The lowest BCUT2D eigenvalue weighted by Crippen LogP contribution is -2.32. The number of fused-ring (bicyclic) bond motifs is 1. The zero-order chi connectivity index (χ0) is 18.0. The fraction of sp³-hybridized carbons (Fsp3) is 0.316. The van der Waals surface area contributed by atoms with Crippen molar-refractivity contribution < 1.29 is 9.53 Å². The minimum Gasteiger partial charge on any atom is -0.444 e. The van der Waals surface area contributed by atoms with Crippen LogP contribution in [0.15, 0.2) is 36.5 Å². The molecule has 3 aromatic heterocycles. The molecule has 0 aliphatic carbocycles. The summed E-state index contributed by atoms with van der Waals surface area (Å²) in [5.74, 6) is 0. The van der Waals surface area contributed by atoms with E-state index in [2.05, 4.69) is 20.3 Å². The lowest BCUT2D eigenvalue weighted by Gasteiger charge is -2.19. The molecule has 130 valence electrons. The predicted octanol–water partition coefficient (Wildman–Crippen LogP) is 3.96. The van der Waals surface area contributed by atoms with Gasteiger partial charge in [0, 0.05) is 11.8 Å². The molecule has 0 fully saturated rings. The largest absolute Gasteiger partial charge is 0.444 e. The molecule has 0 aromatic carbocycles. The molecule has 2 N–H and O–H groups in total. The van der Waals surface area contributed by atoms with Crippen LogP contribution in [0, 0.1) is 6.92 Å². The Morgan fingerprint density at radius 1 is 1.24 bits per heavy atom. The average Bonchev–Trinajstić information content (AvgIpc) is 2.89. The normalized spacial score (nSPS) is 11.5. The van der Waals surface area contributed by atoms with Crippen LogP contribution in [0.3, 0.4) is 0 Å². The number of aromatic nitrogens is 3. The van der Waals surface area contributed by atoms with Crippen LogP contribution in [-0.4, -0.2) is 26.6 Å². The number of nitrogens with zero attached hydrogens (tertiary/aromatic N) is 2. The highest BCUT2D eigenvalue weighted by atomic mass is 16.6. The molecule has 0 saturated heterocycles. The van der Waals surface area contributed by atoms with E-state index in [0.717, 1.165) is 33.7 Å². The van der Waals surface area contributed by atoms with E-state index in [1.807, 2.05) is 58.0 Å². The van der Waals surface area contributed by atoms with Gasteiger partial charge in [-0.05, 0) is 52.0 Å². The van der Waals surface area contributed by atoms with Crippen LogP contribution in [0.2, 0.25) is 0 Å². The van der Waals surface area contributed by atoms with Gasteiger partial charge in [-0.25, -0.2) is 9.78 Å². The van der Waals surface area contributed by atoms with E-state index in [9.17, 15) is 4.79 Å². The third-order valence-electron chi connectivity index (χ3n) is 3.68. The third kappa shape index (κ3) is 3.96. The molecule has 3 rings (SSSR count). The van der Waals surface area contributed by atoms with E-state index in [0.29, 0.717) is 6.54 Å². The standard InChI is InChI=1S/C19H22N4O2/c1-12-16(14-7-5-6-10-20-14)23-15-9-8-13(22-17(12)15)11-21-18(24)25-19(2,3)4/h5-10,23H,11H2,1-4H3,(H,21,24). The SMILES string of the molecule is Cc1c(-c2ccccn2)[nH]c2ccc(CNC(=O)OC(C)(C)C)nc12. The molecule has 6 nitrogen and oxygen atoms in total. The monoisotopic (exact) mass is 338 g/mol. The van der Waals surface area contributed by atoms with Crippen molar-refractivity contribution >= 4 is 17.1 Å². The maximum absolute atomic E-state index is 11.8. The molecule has 0 radical (unpaired) electrons. The highest BCUT2D eigenvalue weighted by Gasteiger charge is 2.16. The van der Waals surface area contributed by atoms with E-state index < -0.39 is 11.7 Å². The maximum Gasteiger partial charge on any atom is 0.407 e. The number of carbonyl (C=O) groups is 1. The Hall–Kier alpha value is -2.89. The van der Waals surface area contributed by atoms with Crippen molar-refractivity contribution in [2.75, 3.05) is 0 Å². The third-order valence-corrected chi connectivity index (χ3v) is 3.68. The van der Waals surface area contributed by atoms with Crippen molar-refractivity contribution in [2.45, 2.75) is 39.8 Å². The summed E-state index contributed by atoms with van der Waals surface area (Å²) in [6.45, 7) is 7.83. The fourth-order valence-corrected chi connectivity index (χ4v) is 2.58. The minimum atomic E-state index is -0.518. The highest BCUT2D eigenvalue weighted by molar-refractivity contribution is 5.86. The minimum absolute atomic E-state index is 0.314. The number of nitrogens with one attached hydrogen (secondary N) is 2. The number of hydrogen-bond acceptors (Lipinski definition) is 4. The summed E-state index contributed by atoms with van der Waals surface area (Å²) in [7, 11) is 0. The first-order chi connectivity index (χ1) is 11.8. The predicted molar refractivity (Wildman–Crippen MR) is 97.1 cm³/mol. The number of alkyl carbamates (subject to hydrolysis) is 1. The zero-order valence-corrected chi connectivity index (χ0v) is 14.9. The van der Waals surface area contributed by atoms with Crippen LogP contribution in [0.1, 0.15) is 32.0 Å². The summed E-state index contributed by atoms with van der Waals surface area (Å²) in [5, 5.41) is 2.73. The van der Waals surface area contributed by atoms with Crippen molar-refractivity contribution in [3.63, 3.8) is 0 Å². The van der Waals surface area contributed by atoms with Gasteiger partial charge in [0.2, 0.25) is 0 Å². The number of aryl methyl sites for hydroxylation is 1. The Labute approximate surface area is 146 Å². The van der Waals surface area contributed by atoms with Gasteiger partial charge >= 0.3 is 6.09 Å². The van der Waals surface area contributed by atoms with Crippen LogP contribution in [-0.2, 0) is 11.3 Å². The second kappa shape index (κ2) is 6.55. The van der Waals surface area contributed by atoms with Gasteiger partial charge in [0.25, 0.3) is 0 Å². The summed E-state index contributed by atoms with van der Waals surface area (Å²) >= 11 is 0. The zero-order valence-electron chi connectivity index (χ0n) is 14.9. The molecule has 3 aromatic rings. The molecule has 0 saturated carbocycles. The van der Waals surface area contributed by atoms with E-state index in [-0.39, 0.29) is 0 Å². The molecule has 0 atom stereocenters. The Morgan fingerprint density at radius 3 is 2.72 bits per heavy atom. The summed E-state index contributed by atoms with van der Waals surface area (Å²) < 4.78 is 5.24. The molecule has 25 heavy (non-hydrogen) atoms. The maximum atomic E-state index is 11.8. The molecule has 0 aliphatic rings. The van der Waals surface area contributed by atoms with Crippen LogP contribution in [0.4, 0.5) is 4.79 Å². The second-order valence-corrected chi connectivity index (χ2v) is 6.89. The van der Waals surface area contributed by atoms with Crippen molar-refractivity contribution in [3.8, 4) is 11.4 Å². The molecule has 6 heteroatoms. The van der Waals surface area contributed by atoms with Gasteiger partial charge in [-0.1, -0.05) is 6.07 Å². The Morgan fingerprint density at radius 2 is 2.04 bits per heavy atom. The molecule has 0 bridgehead atoms. The van der Waals surface area contributed by atoms with Gasteiger partial charge in [0.15, 0.2) is 0 Å². The molecular weight excluding hydrogens is 316 g/mol. The number of amides is 1. The van der Waals surface area contributed by atoms with Gasteiger partial charge < -0.3 is 15.0 Å². The summed E-state index contributed by atoms with van der Waals surface area (Å²) in [4.78, 5) is 24.2. The van der Waals surface area contributed by atoms with Crippen LogP contribution in [0.5, 0.6) is 0 Å². The first-order valence-corrected chi connectivity index (χ1v) is 8.20. The van der Waals surface area contributed by atoms with Crippen molar-refractivity contribution in [3.05, 3.63) is 47.8 Å². The highest BCUT2D eigenvalue weighted by Crippen LogP contribution is 2.27. The number of ether oxygens (including phenoxy) is 1. The van der Waals surface area contributed by atoms with Crippen LogP contribution >= 0.6 is 0 Å². The van der Waals surface area contributed by atoms with E-state index in [1.54, 1.807) is 6.20 Å². The number of aromatic amines is 1. The van der Waals surface area contributed by atoms with E-state index in [4.69, 9.17) is 4.74 Å². The van der Waals surface area contributed by atoms with Gasteiger partial charge in [-0.3, -0.25) is 4.98 Å². The van der Waals surface area contributed by atoms with Crippen LogP contribution < -0.4 is 5.32 Å². The lowest BCUT2D eigenvalue weighted by molar-refractivity contribution is 0.0523. The number of pyridine rings is 2. The Bertz CT molecular complexity index is 895. The summed E-state index contributed by atoms with van der Waals surface area (Å²) in [6.07, 6.45) is 1.32. The smallest absolute Gasteiger partial charge is 0.407 e. The van der Waals surface area contributed by atoms with Crippen LogP contribution in [0.25, 0.3) is 22.4 Å². The lowest BCUT2D eigenvalue weighted by atomic mass is 10.2. The molecule has 3 heterocycles. The average molecular weight is 338 g/mol. The van der Waals surface area contributed by atoms with Crippen molar-refractivity contribution in [1.29, 1.82) is 0 Å². The van der Waals surface area contributed by atoms with E-state index in [1.165, 1.54) is 0 Å². The molecule has 0 spiro atoms. The number of hydrogen-bond donors (Lipinski definition) is 2. The van der Waals surface area contributed by atoms with Gasteiger partial charge in [0.05, 0.1) is 34.7 Å². The van der Waals surface area contributed by atoms with Gasteiger partial charge in [-0.15, -0.1) is 0 Å². The molecular formula is C19H22N4O2. The number of rotatable bonds is 3. The first kappa shape index (κ1) is 17.0. The first-order valence-electron chi connectivity index (χ1n) is 8.20. The summed E-state index contributed by atoms with van der Waals surface area (Å²) in [5.41, 5.74) is 4.95. The van der Waals surface area contributed by atoms with Crippen molar-refractivity contribution in [1.82, 2.24) is 20.3 Å². The van der Waals surface area contributed by atoms with Crippen molar-refractivity contribution in [2.24, 2.45) is 0 Å². The van der Waals surface area contributed by atoms with Gasteiger partial charge in [0.1, 0.15) is 5.60 Å². The van der Waals surface area contributed by atoms with E-state index >= 15 is 0 Å². The molecule has 0 aliphatic heterocycles. The molecule has 1 amide bonds. The number of carbonyl (C=O) groups excluding carboxylic acids is 1. The summed E-state index contributed by atoms with van der Waals surface area (Å²) in [6, 6.07) is 9.66. The topological polar surface area (TPSA) is 79.9 Å². The number of H-pyrrole nitrogens is 1.